The second-order valence-corrected chi connectivity index (χ2v) is 4.34. The summed E-state index contributed by atoms with van der Waals surface area (Å²) in [5.74, 6) is 2.32. The number of carbonyl (C=O) groups is 1. The van der Waals surface area contributed by atoms with E-state index in [1.54, 1.807) is 0 Å². The van der Waals surface area contributed by atoms with E-state index in [0.29, 0.717) is 0 Å². The largest absolute Gasteiger partial charge is 0.412 e. The number of rotatable bonds is 4. The van der Waals surface area contributed by atoms with Crippen LogP contribution in [0, 0.1) is 0 Å². The Morgan fingerprint density at radius 1 is 1.57 bits per heavy atom. The third-order valence-corrected chi connectivity index (χ3v) is 2.39. The highest BCUT2D eigenvalue weighted by Gasteiger charge is 1.84. The Kier molecular flexibility index (Phi) is 23.8. The molecule has 0 aliphatic carbocycles. The maximum atomic E-state index is 10.1. The molecule has 0 atom stereocenters. The summed E-state index contributed by atoms with van der Waals surface area (Å²) in [5.41, 5.74) is 3.88. The molecule has 0 heterocycles. The zero-order chi connectivity index (χ0) is 10.5. The lowest BCUT2D eigenvalue weighted by molar-refractivity contribution is 0.291. The molecular formula is C9H16O4Si. The van der Waals surface area contributed by atoms with E-state index < -0.39 is 8.41 Å². The molecule has 0 aromatic heterocycles. The molecule has 0 spiro atoms. The Morgan fingerprint density at radius 3 is 2.36 bits per heavy atom. The van der Waals surface area contributed by atoms with Crippen LogP contribution >= 0.6 is 0 Å². The summed E-state index contributed by atoms with van der Waals surface area (Å²) in [6.45, 7) is 5.10. The number of aliphatic hydroxyl groups is 1. The molecule has 0 aliphatic heterocycles. The Morgan fingerprint density at radius 2 is 2.07 bits per heavy atom. The lowest BCUT2D eigenvalue weighted by atomic mass is 10.4. The SMILES string of the molecule is C=C=C=O.C[Si](C=O)=CCCCO.O. The van der Waals surface area contributed by atoms with Gasteiger partial charge in [0, 0.05) is 6.61 Å². The lowest BCUT2D eigenvalue weighted by Crippen LogP contribution is -2.01. The van der Waals surface area contributed by atoms with Crippen molar-refractivity contribution in [2.75, 3.05) is 6.61 Å². The molecule has 4 nitrogen and oxygen atoms in total. The van der Waals surface area contributed by atoms with Crippen molar-refractivity contribution in [2.45, 2.75) is 19.4 Å². The summed E-state index contributed by atoms with van der Waals surface area (Å²) in [6.07, 6.45) is 1.66. The van der Waals surface area contributed by atoms with Gasteiger partial charge < -0.3 is 15.4 Å². The van der Waals surface area contributed by atoms with Crippen LogP contribution in [0.3, 0.4) is 0 Å². The highest BCUT2D eigenvalue weighted by molar-refractivity contribution is 6.87. The van der Waals surface area contributed by atoms with Gasteiger partial charge in [0.2, 0.25) is 0 Å². The monoisotopic (exact) mass is 216 g/mol. The smallest absolute Gasteiger partial charge is 0.176 e. The fourth-order valence-electron chi connectivity index (χ4n) is 0.469. The first-order valence-corrected chi connectivity index (χ1v) is 6.00. The molecule has 5 heteroatoms. The van der Waals surface area contributed by atoms with E-state index in [1.807, 2.05) is 18.0 Å². The molecule has 0 saturated heterocycles. The molecule has 0 saturated carbocycles. The van der Waals surface area contributed by atoms with E-state index in [9.17, 15) is 4.79 Å². The molecule has 3 N–H and O–H groups in total. The van der Waals surface area contributed by atoms with Gasteiger partial charge in [-0.3, -0.25) is 0 Å². The second-order valence-electron chi connectivity index (χ2n) is 2.21. The van der Waals surface area contributed by atoms with Crippen molar-refractivity contribution >= 4 is 25.9 Å². The highest BCUT2D eigenvalue weighted by atomic mass is 28.2. The van der Waals surface area contributed by atoms with Crippen LogP contribution in [-0.4, -0.2) is 43.1 Å². The molecule has 0 fully saturated rings. The van der Waals surface area contributed by atoms with Crippen LogP contribution < -0.4 is 0 Å². The minimum atomic E-state index is -0.818. The second kappa shape index (κ2) is 17.9. The van der Waals surface area contributed by atoms with E-state index in [0.717, 1.165) is 18.8 Å². The Bertz CT molecular complexity index is 215. The molecule has 0 aromatic carbocycles. The van der Waals surface area contributed by atoms with Crippen LogP contribution in [0.5, 0.6) is 0 Å². The number of carbonyl (C=O) groups excluding carboxylic acids is 2. The van der Waals surface area contributed by atoms with Crippen molar-refractivity contribution in [1.82, 2.24) is 0 Å². The van der Waals surface area contributed by atoms with Crippen molar-refractivity contribution in [3.05, 3.63) is 12.3 Å². The average Bonchev–Trinajstić information content (AvgIpc) is 2.18. The first-order valence-electron chi connectivity index (χ1n) is 3.85. The van der Waals surface area contributed by atoms with Gasteiger partial charge in [0.05, 0.1) is 8.41 Å². The minimum Gasteiger partial charge on any atom is -0.412 e. The number of hydrogen-bond acceptors (Lipinski definition) is 3. The first-order chi connectivity index (χ1) is 6.22. The van der Waals surface area contributed by atoms with Crippen molar-refractivity contribution < 1.29 is 20.2 Å². The Hall–Kier alpha value is -1.09. The summed E-state index contributed by atoms with van der Waals surface area (Å²) < 4.78 is 0. The quantitative estimate of drug-likeness (QED) is 0.223. The maximum absolute atomic E-state index is 10.1. The van der Waals surface area contributed by atoms with Gasteiger partial charge in [-0.15, -0.1) is 0 Å². The number of unbranched alkanes of at least 4 members (excludes halogenated alkanes) is 1. The maximum Gasteiger partial charge on any atom is 0.176 e. The molecule has 0 amide bonds. The van der Waals surface area contributed by atoms with E-state index in [2.05, 4.69) is 6.58 Å². The fourth-order valence-corrected chi connectivity index (χ4v) is 1.22. The zero-order valence-corrected chi connectivity index (χ0v) is 9.25. The Balaban J connectivity index is -0.000000209. The summed E-state index contributed by atoms with van der Waals surface area (Å²) in [5, 5.41) is 8.35. The van der Waals surface area contributed by atoms with Crippen LogP contribution in [0.25, 0.3) is 0 Å². The van der Waals surface area contributed by atoms with E-state index >= 15 is 0 Å². The van der Waals surface area contributed by atoms with Gasteiger partial charge in [-0.2, -0.15) is 0 Å². The lowest BCUT2D eigenvalue weighted by Gasteiger charge is -1.87. The van der Waals surface area contributed by atoms with Crippen molar-refractivity contribution in [3.63, 3.8) is 0 Å². The molecule has 0 rings (SSSR count). The Labute approximate surface area is 85.1 Å². The zero-order valence-electron chi connectivity index (χ0n) is 8.25. The van der Waals surface area contributed by atoms with Crippen molar-refractivity contribution in [2.24, 2.45) is 0 Å². The van der Waals surface area contributed by atoms with Gasteiger partial charge in [0.1, 0.15) is 5.91 Å². The van der Waals surface area contributed by atoms with Gasteiger partial charge in [-0.1, -0.05) is 12.2 Å². The minimum absolute atomic E-state index is 0. The van der Waals surface area contributed by atoms with Gasteiger partial charge in [-0.25, -0.2) is 4.79 Å². The van der Waals surface area contributed by atoms with Crippen LogP contribution in [0.15, 0.2) is 12.3 Å². The van der Waals surface area contributed by atoms with Gasteiger partial charge in [0.15, 0.2) is 5.94 Å². The molecule has 0 bridgehead atoms. The van der Waals surface area contributed by atoms with Gasteiger partial charge in [0.25, 0.3) is 0 Å². The van der Waals surface area contributed by atoms with Crippen molar-refractivity contribution in [1.29, 1.82) is 0 Å². The summed E-state index contributed by atoms with van der Waals surface area (Å²) in [7, 11) is -0.818. The summed E-state index contributed by atoms with van der Waals surface area (Å²) >= 11 is 0. The summed E-state index contributed by atoms with van der Waals surface area (Å²) in [4.78, 5) is 18.9. The normalized spacial score (nSPS) is 8.29. The van der Waals surface area contributed by atoms with Crippen LogP contribution in [0.2, 0.25) is 6.55 Å². The van der Waals surface area contributed by atoms with E-state index in [1.165, 1.54) is 5.94 Å². The topological polar surface area (TPSA) is 85.9 Å². The molecule has 14 heavy (non-hydrogen) atoms. The van der Waals surface area contributed by atoms with Gasteiger partial charge >= 0.3 is 0 Å². The molecule has 80 valence electrons. The van der Waals surface area contributed by atoms with E-state index in [-0.39, 0.29) is 12.1 Å². The predicted octanol–water partition coefficient (Wildman–Crippen LogP) is -0.626. The molecule has 0 aliphatic rings. The van der Waals surface area contributed by atoms with Gasteiger partial charge in [-0.05, 0) is 25.2 Å². The van der Waals surface area contributed by atoms with Crippen LogP contribution in [0.1, 0.15) is 12.8 Å². The average molecular weight is 216 g/mol. The van der Waals surface area contributed by atoms with Crippen LogP contribution in [-0.2, 0) is 9.59 Å². The molecule has 0 aromatic rings. The molecule has 0 radical (unpaired) electrons. The standard InChI is InChI=1S/C6H12O2Si.C3H2O.H2O/c1-9(6-8)5-3-2-4-7;1-2-3-4;/h5-7H,2-4H2,1H3;1H2;1H2. The molecular weight excluding hydrogens is 200 g/mol. The third-order valence-electron chi connectivity index (χ3n) is 1.09. The van der Waals surface area contributed by atoms with Crippen molar-refractivity contribution in [3.8, 4) is 0 Å². The molecule has 0 unspecified atom stereocenters. The van der Waals surface area contributed by atoms with E-state index in [4.69, 9.17) is 9.90 Å². The number of aliphatic hydroxyl groups excluding tert-OH is 1. The predicted molar refractivity (Wildman–Crippen MR) is 59.2 cm³/mol. The number of hydrogen-bond donors (Lipinski definition) is 1. The summed E-state index contributed by atoms with van der Waals surface area (Å²) in [6, 6.07) is 0. The first kappa shape index (κ1) is 18.6. The highest BCUT2D eigenvalue weighted by Crippen LogP contribution is 1.80. The fraction of sp³-hybridized carbons (Fsp3) is 0.444. The third kappa shape index (κ3) is 22.4. The van der Waals surface area contributed by atoms with Crippen LogP contribution in [0.4, 0.5) is 0 Å².